The van der Waals surface area contributed by atoms with Gasteiger partial charge < -0.3 is 9.84 Å². The van der Waals surface area contributed by atoms with Gasteiger partial charge in [0.2, 0.25) is 0 Å². The van der Waals surface area contributed by atoms with E-state index in [-0.39, 0.29) is 12.2 Å². The Bertz CT molecular complexity index is 418. The number of alkyl halides is 2. The van der Waals surface area contributed by atoms with Crippen LogP contribution in [0.4, 0.5) is 8.78 Å². The molecule has 7 heteroatoms. The van der Waals surface area contributed by atoms with Crippen LogP contribution in [0.1, 0.15) is 24.3 Å². The number of aliphatic hydroxyl groups excluding tert-OH is 1. The van der Waals surface area contributed by atoms with Crippen molar-refractivity contribution in [3.63, 3.8) is 0 Å². The van der Waals surface area contributed by atoms with Gasteiger partial charge in [-0.25, -0.2) is 4.79 Å². The van der Waals surface area contributed by atoms with Gasteiger partial charge in [-0.2, -0.15) is 13.9 Å². The molecule has 17 heavy (non-hydrogen) atoms. The Balaban J connectivity index is 2.99. The van der Waals surface area contributed by atoms with Crippen LogP contribution in [0.25, 0.3) is 0 Å². The molecule has 0 aliphatic heterocycles. The first-order valence-corrected chi connectivity index (χ1v) is 5.04. The topological polar surface area (TPSA) is 64.3 Å². The molecule has 0 aliphatic carbocycles. The van der Waals surface area contributed by atoms with Crippen molar-refractivity contribution < 1.29 is 23.4 Å². The molecule has 0 saturated heterocycles. The van der Waals surface area contributed by atoms with E-state index >= 15 is 0 Å². The van der Waals surface area contributed by atoms with Crippen molar-refractivity contribution in [2.24, 2.45) is 7.05 Å². The number of nitrogens with zero attached hydrogens (tertiary/aromatic N) is 2. The van der Waals surface area contributed by atoms with Crippen LogP contribution >= 0.6 is 0 Å². The fourth-order valence-electron chi connectivity index (χ4n) is 1.32. The molecule has 0 amide bonds. The predicted octanol–water partition coefficient (Wildman–Crippen LogP) is 0.960. The quantitative estimate of drug-likeness (QED) is 0.806. The third-order valence-electron chi connectivity index (χ3n) is 2.46. The highest BCUT2D eigenvalue weighted by Gasteiger charge is 2.50. The van der Waals surface area contributed by atoms with E-state index in [0.29, 0.717) is 5.69 Å². The Morgan fingerprint density at radius 1 is 1.71 bits per heavy atom. The lowest BCUT2D eigenvalue weighted by Gasteiger charge is -2.20. The van der Waals surface area contributed by atoms with E-state index in [0.717, 1.165) is 6.20 Å². The van der Waals surface area contributed by atoms with E-state index in [1.807, 2.05) is 0 Å². The lowest BCUT2D eigenvalue weighted by atomic mass is 10.0. The van der Waals surface area contributed by atoms with Crippen LogP contribution in [0.5, 0.6) is 0 Å². The lowest BCUT2D eigenvalue weighted by molar-refractivity contribution is -0.189. The standard InChI is InChI=1S/C10H14F2N2O3/c1-4-17-9(16)10(11,12)8(15)7-5-13-14(3)6(7)2/h5,8,15H,4H2,1-3H3. The van der Waals surface area contributed by atoms with Gasteiger partial charge in [0.25, 0.3) is 0 Å². The molecular weight excluding hydrogens is 234 g/mol. The molecule has 0 saturated carbocycles. The molecule has 0 fully saturated rings. The molecule has 0 spiro atoms. The summed E-state index contributed by atoms with van der Waals surface area (Å²) in [6, 6.07) is 0. The highest BCUT2D eigenvalue weighted by atomic mass is 19.3. The third kappa shape index (κ3) is 2.44. The number of carbonyl (C=O) groups excluding carboxylic acids is 1. The Kier molecular flexibility index (Phi) is 3.82. The minimum absolute atomic E-state index is 0.0921. The first-order valence-electron chi connectivity index (χ1n) is 5.04. The van der Waals surface area contributed by atoms with E-state index in [1.54, 1.807) is 7.05 Å². The van der Waals surface area contributed by atoms with Crippen LogP contribution in [0, 0.1) is 6.92 Å². The number of aromatic nitrogens is 2. The van der Waals surface area contributed by atoms with Crippen molar-refractivity contribution in [3.05, 3.63) is 17.5 Å². The summed E-state index contributed by atoms with van der Waals surface area (Å²) in [7, 11) is 1.55. The molecule has 0 aliphatic rings. The molecule has 1 atom stereocenters. The average Bonchev–Trinajstić information content (AvgIpc) is 2.59. The Hall–Kier alpha value is -1.50. The summed E-state index contributed by atoms with van der Waals surface area (Å²) in [5.41, 5.74) is 0.270. The summed E-state index contributed by atoms with van der Waals surface area (Å²) in [4.78, 5) is 11.0. The number of carbonyl (C=O) groups is 1. The minimum Gasteiger partial charge on any atom is -0.461 e. The van der Waals surface area contributed by atoms with Crippen molar-refractivity contribution >= 4 is 5.97 Å². The van der Waals surface area contributed by atoms with Crippen molar-refractivity contribution in [1.82, 2.24) is 9.78 Å². The monoisotopic (exact) mass is 248 g/mol. The number of esters is 1. The Morgan fingerprint density at radius 2 is 2.29 bits per heavy atom. The van der Waals surface area contributed by atoms with Crippen LogP contribution in [0.3, 0.4) is 0 Å². The van der Waals surface area contributed by atoms with Crippen LogP contribution in [0.2, 0.25) is 0 Å². The first-order chi connectivity index (χ1) is 7.82. The maximum atomic E-state index is 13.5. The van der Waals surface area contributed by atoms with Gasteiger partial charge in [0.05, 0.1) is 12.8 Å². The molecule has 1 unspecified atom stereocenters. The van der Waals surface area contributed by atoms with E-state index < -0.39 is 18.0 Å². The number of aryl methyl sites for hydroxylation is 1. The number of hydrogen-bond acceptors (Lipinski definition) is 4. The average molecular weight is 248 g/mol. The fourth-order valence-corrected chi connectivity index (χ4v) is 1.32. The van der Waals surface area contributed by atoms with Gasteiger partial charge in [-0.3, -0.25) is 4.68 Å². The van der Waals surface area contributed by atoms with Gasteiger partial charge in [0, 0.05) is 18.3 Å². The van der Waals surface area contributed by atoms with E-state index in [9.17, 15) is 18.7 Å². The maximum absolute atomic E-state index is 13.5. The van der Waals surface area contributed by atoms with Crippen LogP contribution in [-0.4, -0.2) is 33.4 Å². The van der Waals surface area contributed by atoms with Crippen LogP contribution in [-0.2, 0) is 16.6 Å². The largest absolute Gasteiger partial charge is 0.461 e. The number of aliphatic hydroxyl groups is 1. The molecule has 5 nitrogen and oxygen atoms in total. The summed E-state index contributed by atoms with van der Waals surface area (Å²) in [6.45, 7) is 2.76. The lowest BCUT2D eigenvalue weighted by Crippen LogP contribution is -2.37. The molecule has 1 aromatic heterocycles. The smallest absolute Gasteiger partial charge is 0.380 e. The van der Waals surface area contributed by atoms with E-state index in [1.165, 1.54) is 18.5 Å². The van der Waals surface area contributed by atoms with Crippen molar-refractivity contribution in [2.45, 2.75) is 25.9 Å². The van der Waals surface area contributed by atoms with E-state index in [4.69, 9.17) is 0 Å². The second kappa shape index (κ2) is 4.79. The molecule has 0 radical (unpaired) electrons. The zero-order valence-corrected chi connectivity index (χ0v) is 9.78. The van der Waals surface area contributed by atoms with Crippen molar-refractivity contribution in [1.29, 1.82) is 0 Å². The molecular formula is C10H14F2N2O3. The summed E-state index contributed by atoms with van der Waals surface area (Å²) in [5, 5.41) is 13.3. The Labute approximate surface area is 97.0 Å². The van der Waals surface area contributed by atoms with Gasteiger partial charge in [-0.1, -0.05) is 0 Å². The zero-order valence-electron chi connectivity index (χ0n) is 9.78. The summed E-state index contributed by atoms with van der Waals surface area (Å²) >= 11 is 0. The second-order valence-electron chi connectivity index (χ2n) is 3.55. The van der Waals surface area contributed by atoms with Gasteiger partial charge in [0.15, 0.2) is 6.10 Å². The molecule has 1 aromatic rings. The Morgan fingerprint density at radius 3 is 2.71 bits per heavy atom. The number of ether oxygens (including phenoxy) is 1. The maximum Gasteiger partial charge on any atom is 0.380 e. The molecule has 0 bridgehead atoms. The summed E-state index contributed by atoms with van der Waals surface area (Å²) in [5.74, 6) is -5.72. The predicted molar refractivity (Wildman–Crippen MR) is 54.5 cm³/mol. The number of hydrogen-bond donors (Lipinski definition) is 1. The van der Waals surface area contributed by atoms with Crippen molar-refractivity contribution in [2.75, 3.05) is 6.61 Å². The van der Waals surface area contributed by atoms with Gasteiger partial charge in [0.1, 0.15) is 0 Å². The van der Waals surface area contributed by atoms with Gasteiger partial charge in [-0.05, 0) is 13.8 Å². The highest BCUT2D eigenvalue weighted by Crippen LogP contribution is 2.33. The van der Waals surface area contributed by atoms with Gasteiger partial charge in [-0.15, -0.1) is 0 Å². The zero-order chi connectivity index (χ0) is 13.2. The highest BCUT2D eigenvalue weighted by molar-refractivity contribution is 5.78. The molecule has 96 valence electrons. The van der Waals surface area contributed by atoms with Crippen molar-refractivity contribution in [3.8, 4) is 0 Å². The first kappa shape index (κ1) is 13.6. The SMILES string of the molecule is CCOC(=O)C(F)(F)C(O)c1cnn(C)c1C. The van der Waals surface area contributed by atoms with E-state index in [2.05, 4.69) is 9.84 Å². The molecule has 0 aromatic carbocycles. The second-order valence-corrected chi connectivity index (χ2v) is 3.55. The molecule has 1 N–H and O–H groups in total. The minimum atomic E-state index is -3.98. The van der Waals surface area contributed by atoms with Gasteiger partial charge >= 0.3 is 11.9 Å². The normalized spacial score (nSPS) is 13.5. The molecule has 1 heterocycles. The molecule has 1 rings (SSSR count). The number of halogens is 2. The summed E-state index contributed by atoms with van der Waals surface area (Å²) in [6.07, 6.45) is -1.15. The number of rotatable bonds is 4. The fraction of sp³-hybridized carbons (Fsp3) is 0.600. The van der Waals surface area contributed by atoms with Crippen LogP contribution in [0.15, 0.2) is 6.20 Å². The third-order valence-corrected chi connectivity index (χ3v) is 2.46. The summed E-state index contributed by atoms with van der Waals surface area (Å²) < 4.78 is 32.6. The van der Waals surface area contributed by atoms with Crippen LogP contribution < -0.4 is 0 Å².